The van der Waals surface area contributed by atoms with E-state index in [0.717, 1.165) is 24.2 Å². The van der Waals surface area contributed by atoms with E-state index in [0.29, 0.717) is 41.8 Å². The quantitative estimate of drug-likeness (QED) is 0.253. The van der Waals surface area contributed by atoms with E-state index in [1.807, 2.05) is 0 Å². The van der Waals surface area contributed by atoms with Gasteiger partial charge in [0.15, 0.2) is 0 Å². The molecule has 2 heterocycles. The lowest BCUT2D eigenvalue weighted by molar-refractivity contribution is 0.208. The minimum Gasteiger partial charge on any atom is -0.361 e. The molecule has 1 saturated carbocycles. The van der Waals surface area contributed by atoms with Gasteiger partial charge in [-0.15, -0.1) is 0 Å². The van der Waals surface area contributed by atoms with Crippen molar-refractivity contribution in [3.05, 3.63) is 166 Å². The van der Waals surface area contributed by atoms with Crippen LogP contribution in [0.15, 0.2) is 155 Å². The van der Waals surface area contributed by atoms with E-state index in [1.54, 1.807) is 39.2 Å². The van der Waals surface area contributed by atoms with E-state index in [-0.39, 0.29) is 0 Å². The fraction of sp³-hybridized carbons (Fsp3) is 0.500. The third kappa shape index (κ3) is 7.24. The molecule has 10 atom stereocenters. The van der Waals surface area contributed by atoms with Gasteiger partial charge in [-0.3, -0.25) is 0 Å². The molecule has 0 radical (unpaired) electrons. The van der Waals surface area contributed by atoms with Gasteiger partial charge in [-0.05, 0) is 168 Å². The molecule has 0 aromatic heterocycles. The van der Waals surface area contributed by atoms with E-state index >= 15 is 0 Å². The molecule has 11 aliphatic rings. The summed E-state index contributed by atoms with van der Waals surface area (Å²) in [6.45, 7) is 0. The maximum absolute atomic E-state index is 2.96. The molecule has 0 bridgehead atoms. The predicted molar refractivity (Wildman–Crippen MR) is 260 cm³/mol. The van der Waals surface area contributed by atoms with Crippen molar-refractivity contribution in [2.45, 2.75) is 152 Å². The maximum Gasteiger partial charge on any atom is 0.0485 e. The zero-order valence-corrected chi connectivity index (χ0v) is 37.4. The smallest absolute Gasteiger partial charge is 0.0485 e. The number of hydrogen-bond donors (Lipinski definition) is 0. The minimum absolute atomic E-state index is 0.451. The third-order valence-corrected chi connectivity index (χ3v) is 17.8. The highest BCUT2D eigenvalue weighted by Crippen LogP contribution is 2.53. The first-order valence-electron chi connectivity index (χ1n) is 25.7. The Morgan fingerprint density at radius 2 is 1.61 bits per heavy atom. The molecule has 9 unspecified atom stereocenters. The molecule has 0 spiro atoms. The van der Waals surface area contributed by atoms with E-state index in [2.05, 4.69) is 131 Å². The number of anilines is 1. The van der Waals surface area contributed by atoms with Crippen molar-refractivity contribution in [2.75, 3.05) is 4.90 Å². The Bertz CT molecular complexity index is 2310. The molecule has 2 nitrogen and oxygen atoms in total. The van der Waals surface area contributed by atoms with Crippen LogP contribution in [0.2, 0.25) is 0 Å². The second kappa shape index (κ2) is 17.0. The lowest BCUT2D eigenvalue weighted by Crippen LogP contribution is -2.44. The molecule has 2 heteroatoms. The number of rotatable bonds is 7. The highest BCUT2D eigenvalue weighted by molar-refractivity contribution is 5.80. The lowest BCUT2D eigenvalue weighted by Gasteiger charge is -2.42. The summed E-state index contributed by atoms with van der Waals surface area (Å²) < 4.78 is 0. The van der Waals surface area contributed by atoms with Crippen LogP contribution in [0.4, 0.5) is 5.69 Å². The van der Waals surface area contributed by atoms with Crippen molar-refractivity contribution >= 4 is 11.3 Å². The molecule has 1 aromatic rings. The fourth-order valence-electron chi connectivity index (χ4n) is 14.7. The number of allylic oxidation sites excluding steroid dienone is 21. The second-order valence-corrected chi connectivity index (χ2v) is 21.2. The monoisotopic (exact) mass is 819 g/mol. The van der Waals surface area contributed by atoms with Gasteiger partial charge in [-0.2, -0.15) is 0 Å². The van der Waals surface area contributed by atoms with Gasteiger partial charge >= 0.3 is 0 Å². The topological polar surface area (TPSA) is 6.48 Å². The van der Waals surface area contributed by atoms with Gasteiger partial charge in [0.2, 0.25) is 0 Å². The van der Waals surface area contributed by atoms with E-state index in [4.69, 9.17) is 0 Å². The standard InChI is InChI=1S/C60H70N2/c1-4-15-41(16-5-1)44-27-31-51(32-28-44)61-58-26-13-11-24-54(58)56-39-47(30-34-59(56)61)45-21-14-22-46(35-45)48-29-33-55-53-23-10-12-25-57(53)62(60(55)40-48)52-37-49(42-17-6-2-7-18-42)36-50(38-52)43-19-8-3-9-20-43/h1-2,4-6,8,10,14-15,17,19,22-23,29,31,33,35,38-41,43-45,49,52-54,57-58H,3,7,9,11-13,16,18,20-21,24-28,30,32,34,36-37H2/t41?,43?,44?,45?,49-,52?,53?,54?,57?,58?/m1/s1. The first-order valence-corrected chi connectivity index (χ1v) is 25.7. The predicted octanol–water partition coefficient (Wildman–Crippen LogP) is 15.3. The minimum atomic E-state index is 0.451. The molecule has 62 heavy (non-hydrogen) atoms. The lowest BCUT2D eigenvalue weighted by atomic mass is 9.73. The zero-order chi connectivity index (χ0) is 41.0. The number of nitrogens with zero attached hydrogens (tertiary/aromatic N) is 2. The Balaban J connectivity index is 0.841. The highest BCUT2D eigenvalue weighted by atomic mass is 15.2. The Morgan fingerprint density at radius 1 is 0.645 bits per heavy atom. The Labute approximate surface area is 373 Å². The molecule has 12 rings (SSSR count). The fourth-order valence-corrected chi connectivity index (χ4v) is 14.7. The van der Waals surface area contributed by atoms with E-state index < -0.39 is 0 Å². The second-order valence-electron chi connectivity index (χ2n) is 21.2. The van der Waals surface area contributed by atoms with Crippen LogP contribution >= 0.6 is 0 Å². The summed E-state index contributed by atoms with van der Waals surface area (Å²) in [6.07, 6.45) is 68.0. The SMILES string of the molecule is C1=CCCC([C@@H]2CC(C3C=CCCC3)=CC(N3c4cc(C5=CC(C6=CC7=C(CC6)N(C6=CCC(C8C=CC=CC8)CC6)C6CCCCC76)CC=C5)ccc4C4C=CCCC43)C2)=C1. The Morgan fingerprint density at radius 3 is 2.48 bits per heavy atom. The van der Waals surface area contributed by atoms with Gasteiger partial charge in [0, 0.05) is 53.0 Å². The molecular weight excluding hydrogens is 749 g/mol. The van der Waals surface area contributed by atoms with Gasteiger partial charge in [-0.1, -0.05) is 145 Å². The summed E-state index contributed by atoms with van der Waals surface area (Å²) >= 11 is 0. The zero-order valence-electron chi connectivity index (χ0n) is 37.4. The van der Waals surface area contributed by atoms with Crippen molar-refractivity contribution in [3.63, 3.8) is 0 Å². The first kappa shape index (κ1) is 39.3. The van der Waals surface area contributed by atoms with E-state index in [9.17, 15) is 0 Å². The first-order chi connectivity index (χ1) is 30.7. The van der Waals surface area contributed by atoms with Crippen LogP contribution < -0.4 is 4.90 Å². The van der Waals surface area contributed by atoms with Crippen molar-refractivity contribution in [2.24, 2.45) is 35.5 Å². The highest BCUT2D eigenvalue weighted by Gasteiger charge is 2.45. The van der Waals surface area contributed by atoms with Crippen molar-refractivity contribution in [1.29, 1.82) is 0 Å². The van der Waals surface area contributed by atoms with Gasteiger partial charge in [0.25, 0.3) is 0 Å². The number of hydrogen-bond acceptors (Lipinski definition) is 2. The number of benzene rings is 1. The Hall–Kier alpha value is -4.30. The summed E-state index contributed by atoms with van der Waals surface area (Å²) in [5.41, 5.74) is 16.2. The van der Waals surface area contributed by atoms with Crippen LogP contribution in [0.25, 0.3) is 5.57 Å². The van der Waals surface area contributed by atoms with Crippen LogP contribution in [0.3, 0.4) is 0 Å². The van der Waals surface area contributed by atoms with E-state index in [1.165, 1.54) is 139 Å². The summed E-state index contributed by atoms with van der Waals surface area (Å²) in [6, 6.07) is 9.36. The molecule has 0 saturated heterocycles. The summed E-state index contributed by atoms with van der Waals surface area (Å²) in [5, 5.41) is 0. The van der Waals surface area contributed by atoms with Crippen molar-refractivity contribution in [1.82, 2.24) is 4.90 Å². The van der Waals surface area contributed by atoms with Gasteiger partial charge in [0.05, 0.1) is 0 Å². The van der Waals surface area contributed by atoms with Crippen molar-refractivity contribution in [3.8, 4) is 0 Å². The van der Waals surface area contributed by atoms with Crippen LogP contribution in [0, 0.1) is 35.5 Å². The Kier molecular flexibility index (Phi) is 10.8. The number of fused-ring (bicyclic) bond motifs is 5. The van der Waals surface area contributed by atoms with Crippen LogP contribution in [-0.2, 0) is 0 Å². The normalized spacial score (nSPS) is 36.0. The van der Waals surface area contributed by atoms with Crippen LogP contribution in [0.5, 0.6) is 0 Å². The summed E-state index contributed by atoms with van der Waals surface area (Å²) in [4.78, 5) is 5.90. The molecule has 1 aromatic carbocycles. The maximum atomic E-state index is 2.96. The third-order valence-electron chi connectivity index (χ3n) is 17.8. The van der Waals surface area contributed by atoms with Gasteiger partial charge < -0.3 is 9.80 Å². The average molecular weight is 819 g/mol. The van der Waals surface area contributed by atoms with Crippen molar-refractivity contribution < 1.29 is 0 Å². The summed E-state index contributed by atoms with van der Waals surface area (Å²) in [5.74, 6) is 4.52. The molecule has 320 valence electrons. The largest absolute Gasteiger partial charge is 0.361 e. The molecule has 9 aliphatic carbocycles. The van der Waals surface area contributed by atoms with Crippen LogP contribution in [-0.4, -0.2) is 23.0 Å². The molecular formula is C60H70N2. The molecule has 1 fully saturated rings. The summed E-state index contributed by atoms with van der Waals surface area (Å²) in [7, 11) is 0. The molecule has 0 amide bonds. The van der Waals surface area contributed by atoms with Gasteiger partial charge in [0.1, 0.15) is 0 Å². The van der Waals surface area contributed by atoms with Gasteiger partial charge in [-0.25, -0.2) is 0 Å². The average Bonchev–Trinajstić information content (AvgIpc) is 3.87. The molecule has 2 aliphatic heterocycles. The molecule has 0 N–H and O–H groups in total. The van der Waals surface area contributed by atoms with Crippen LogP contribution in [0.1, 0.15) is 145 Å².